The minimum Gasteiger partial charge on any atom is -0.493 e. The van der Waals surface area contributed by atoms with Crippen LogP contribution in [0.1, 0.15) is 43.2 Å². The lowest BCUT2D eigenvalue weighted by Crippen LogP contribution is -2.52. The molecule has 0 bridgehead atoms. The van der Waals surface area contributed by atoms with Crippen LogP contribution in [0, 0.1) is 0 Å². The molecule has 21 heavy (non-hydrogen) atoms. The number of halogens is 1. The van der Waals surface area contributed by atoms with Crippen molar-refractivity contribution in [2.24, 2.45) is 5.73 Å². The average molecular weight is 353 g/mol. The highest BCUT2D eigenvalue weighted by molar-refractivity contribution is 9.10. The zero-order valence-electron chi connectivity index (χ0n) is 12.8. The van der Waals surface area contributed by atoms with E-state index in [1.807, 2.05) is 0 Å². The third-order valence-corrected chi connectivity index (χ3v) is 5.66. The highest BCUT2D eigenvalue weighted by atomic mass is 79.9. The lowest BCUT2D eigenvalue weighted by atomic mass is 9.80. The van der Waals surface area contributed by atoms with Gasteiger partial charge in [-0.3, -0.25) is 4.90 Å². The van der Waals surface area contributed by atoms with Crippen LogP contribution >= 0.6 is 15.9 Å². The first-order chi connectivity index (χ1) is 10.1. The molecule has 0 amide bonds. The summed E-state index contributed by atoms with van der Waals surface area (Å²) in [5.74, 6) is 1.10. The van der Waals surface area contributed by atoms with E-state index >= 15 is 0 Å². The zero-order chi connectivity index (χ0) is 14.9. The van der Waals surface area contributed by atoms with Crippen LogP contribution in [0.25, 0.3) is 0 Å². The molecule has 1 fully saturated rings. The molecular weight excluding hydrogens is 328 g/mol. The van der Waals surface area contributed by atoms with Crippen LogP contribution in [0.2, 0.25) is 0 Å². The van der Waals surface area contributed by atoms with Gasteiger partial charge in [0.25, 0.3) is 0 Å². The Bertz CT molecular complexity index is 512. The van der Waals surface area contributed by atoms with Crippen LogP contribution < -0.4 is 10.5 Å². The van der Waals surface area contributed by atoms with Crippen LogP contribution in [0.15, 0.2) is 16.6 Å². The molecule has 1 aliphatic carbocycles. The lowest BCUT2D eigenvalue weighted by molar-refractivity contribution is 0.0751. The Balaban J connectivity index is 1.83. The number of likely N-dealkylation sites (N-methyl/N-ethyl adjacent to an activating group) is 1. The molecule has 4 heteroatoms. The number of benzene rings is 1. The number of rotatable bonds is 4. The highest BCUT2D eigenvalue weighted by Gasteiger charge is 2.35. The summed E-state index contributed by atoms with van der Waals surface area (Å²) in [6.45, 7) is 2.48. The fraction of sp³-hybridized carbons (Fsp3) is 0.647. The van der Waals surface area contributed by atoms with Gasteiger partial charge in [-0.2, -0.15) is 0 Å². The average Bonchev–Trinajstić information content (AvgIpc) is 2.96. The molecule has 0 aromatic heterocycles. The fourth-order valence-corrected chi connectivity index (χ4v) is 4.39. The number of ether oxygens (including phenoxy) is 1. The molecule has 2 N–H and O–H groups in total. The summed E-state index contributed by atoms with van der Waals surface area (Å²) in [6.07, 6.45) is 7.41. The molecule has 0 saturated heterocycles. The van der Waals surface area contributed by atoms with E-state index in [4.69, 9.17) is 10.5 Å². The summed E-state index contributed by atoms with van der Waals surface area (Å²) in [6, 6.07) is 4.39. The van der Waals surface area contributed by atoms with Crippen molar-refractivity contribution in [1.82, 2.24) is 4.90 Å². The van der Waals surface area contributed by atoms with Crippen molar-refractivity contribution in [2.75, 3.05) is 20.2 Å². The van der Waals surface area contributed by atoms with Gasteiger partial charge in [-0.15, -0.1) is 0 Å². The first kappa shape index (κ1) is 15.3. The Morgan fingerprint density at radius 1 is 1.29 bits per heavy atom. The zero-order valence-corrected chi connectivity index (χ0v) is 14.4. The van der Waals surface area contributed by atoms with Crippen LogP contribution in [0.4, 0.5) is 0 Å². The maximum absolute atomic E-state index is 6.15. The van der Waals surface area contributed by atoms with Crippen molar-refractivity contribution in [3.63, 3.8) is 0 Å². The first-order valence-corrected chi connectivity index (χ1v) is 8.79. The summed E-state index contributed by atoms with van der Waals surface area (Å²) in [4.78, 5) is 2.47. The van der Waals surface area contributed by atoms with Gasteiger partial charge in [0.2, 0.25) is 0 Å². The van der Waals surface area contributed by atoms with Crippen molar-refractivity contribution in [3.8, 4) is 5.75 Å². The summed E-state index contributed by atoms with van der Waals surface area (Å²) in [5.41, 5.74) is 8.95. The smallest absolute Gasteiger partial charge is 0.127 e. The SMILES string of the molecule is CN(Cc1cc(Br)cc2c1OCC2)C1(CN)CCCCC1. The summed E-state index contributed by atoms with van der Waals surface area (Å²) >= 11 is 3.63. The van der Waals surface area contributed by atoms with Crippen molar-refractivity contribution >= 4 is 15.9 Å². The van der Waals surface area contributed by atoms with Gasteiger partial charge >= 0.3 is 0 Å². The largest absolute Gasteiger partial charge is 0.493 e. The number of hydrogen-bond donors (Lipinski definition) is 1. The molecule has 1 heterocycles. The van der Waals surface area contributed by atoms with E-state index < -0.39 is 0 Å². The van der Waals surface area contributed by atoms with Crippen LogP contribution in [0.5, 0.6) is 5.75 Å². The van der Waals surface area contributed by atoms with Crippen molar-refractivity contribution in [1.29, 1.82) is 0 Å². The third-order valence-electron chi connectivity index (χ3n) is 5.21. The molecule has 1 aromatic carbocycles. The van der Waals surface area contributed by atoms with Gasteiger partial charge < -0.3 is 10.5 Å². The quantitative estimate of drug-likeness (QED) is 0.901. The first-order valence-electron chi connectivity index (χ1n) is 8.00. The predicted octanol–water partition coefficient (Wildman–Crippen LogP) is 3.48. The molecule has 1 saturated carbocycles. The Morgan fingerprint density at radius 3 is 2.76 bits per heavy atom. The molecule has 0 radical (unpaired) electrons. The van der Waals surface area contributed by atoms with Gasteiger partial charge in [0.1, 0.15) is 5.75 Å². The number of nitrogens with zero attached hydrogens (tertiary/aromatic N) is 1. The van der Waals surface area contributed by atoms with E-state index in [0.717, 1.165) is 36.3 Å². The molecule has 0 atom stereocenters. The maximum Gasteiger partial charge on any atom is 0.127 e. The molecule has 1 aromatic rings. The highest BCUT2D eigenvalue weighted by Crippen LogP contribution is 2.37. The van der Waals surface area contributed by atoms with E-state index in [1.54, 1.807) is 0 Å². The van der Waals surface area contributed by atoms with E-state index in [1.165, 1.54) is 43.2 Å². The van der Waals surface area contributed by atoms with Crippen molar-refractivity contribution < 1.29 is 4.74 Å². The second-order valence-electron chi connectivity index (χ2n) is 6.50. The Labute approximate surface area is 136 Å². The van der Waals surface area contributed by atoms with Gasteiger partial charge in [0.05, 0.1) is 6.61 Å². The molecule has 0 unspecified atom stereocenters. The monoisotopic (exact) mass is 352 g/mol. The van der Waals surface area contributed by atoms with E-state index in [0.29, 0.717) is 0 Å². The van der Waals surface area contributed by atoms with E-state index in [-0.39, 0.29) is 5.54 Å². The standard InChI is InChI=1S/C17H25BrN2O/c1-20(17(12-19)6-3-2-4-7-17)11-14-10-15(18)9-13-5-8-21-16(13)14/h9-10H,2-8,11-12,19H2,1H3. The second-order valence-corrected chi connectivity index (χ2v) is 7.41. The van der Waals surface area contributed by atoms with Gasteiger partial charge in [0.15, 0.2) is 0 Å². The van der Waals surface area contributed by atoms with Crippen molar-refractivity contribution in [3.05, 3.63) is 27.7 Å². The van der Waals surface area contributed by atoms with Gasteiger partial charge in [-0.25, -0.2) is 0 Å². The molecule has 1 aliphatic heterocycles. The normalized spacial score (nSPS) is 20.4. The van der Waals surface area contributed by atoms with Crippen molar-refractivity contribution in [2.45, 2.75) is 50.6 Å². The molecule has 3 rings (SSSR count). The topological polar surface area (TPSA) is 38.5 Å². The molecule has 116 valence electrons. The number of nitrogens with two attached hydrogens (primary N) is 1. The Hall–Kier alpha value is -0.580. The summed E-state index contributed by atoms with van der Waals surface area (Å²) < 4.78 is 7.01. The molecular formula is C17H25BrN2O. The maximum atomic E-state index is 6.15. The predicted molar refractivity (Wildman–Crippen MR) is 89.7 cm³/mol. The molecule has 0 spiro atoms. The van der Waals surface area contributed by atoms with Crippen LogP contribution in [-0.4, -0.2) is 30.6 Å². The second kappa shape index (κ2) is 6.27. The summed E-state index contributed by atoms with van der Waals surface area (Å²) in [7, 11) is 2.22. The lowest BCUT2D eigenvalue weighted by Gasteiger charge is -2.44. The minimum atomic E-state index is 0.173. The van der Waals surface area contributed by atoms with Gasteiger partial charge in [0, 0.05) is 35.1 Å². The van der Waals surface area contributed by atoms with Crippen LogP contribution in [0.3, 0.4) is 0 Å². The number of hydrogen-bond acceptors (Lipinski definition) is 3. The Morgan fingerprint density at radius 2 is 2.05 bits per heavy atom. The third kappa shape index (κ3) is 2.99. The van der Waals surface area contributed by atoms with E-state index in [9.17, 15) is 0 Å². The minimum absolute atomic E-state index is 0.173. The fourth-order valence-electron chi connectivity index (χ4n) is 3.84. The summed E-state index contributed by atoms with van der Waals surface area (Å²) in [5, 5.41) is 0. The van der Waals surface area contributed by atoms with Gasteiger partial charge in [-0.1, -0.05) is 35.2 Å². The molecule has 3 nitrogen and oxygen atoms in total. The molecule has 2 aliphatic rings. The van der Waals surface area contributed by atoms with Gasteiger partial charge in [-0.05, 0) is 37.6 Å². The van der Waals surface area contributed by atoms with Crippen LogP contribution in [-0.2, 0) is 13.0 Å². The van der Waals surface area contributed by atoms with E-state index in [2.05, 4.69) is 40.0 Å². The number of fused-ring (bicyclic) bond motifs is 1. The Kier molecular flexibility index (Phi) is 4.57.